The number of aromatic hydroxyl groups is 1. The zero-order valence-electron chi connectivity index (χ0n) is 11.5. The second-order valence-corrected chi connectivity index (χ2v) is 4.59. The molecule has 3 aromatic rings. The van der Waals surface area contributed by atoms with Crippen molar-refractivity contribution in [2.24, 2.45) is 0 Å². The number of rotatable bonds is 1. The summed E-state index contributed by atoms with van der Waals surface area (Å²) in [6.45, 7) is 1.75. The molecule has 1 heterocycles. The van der Waals surface area contributed by atoms with E-state index in [0.29, 0.717) is 17.1 Å². The minimum Gasteiger partial charge on any atom is -0.507 e. The van der Waals surface area contributed by atoms with E-state index in [1.165, 1.54) is 0 Å². The SMILES string of the molecule is CC#Cc1ccc(-c2nnc(N)c3ccccc23)c(O)c1. The van der Waals surface area contributed by atoms with Crippen LogP contribution in [0, 0.1) is 11.8 Å². The first kappa shape index (κ1) is 12.9. The highest BCUT2D eigenvalue weighted by Gasteiger charge is 2.12. The van der Waals surface area contributed by atoms with Crippen LogP contribution >= 0.6 is 0 Å². The van der Waals surface area contributed by atoms with Gasteiger partial charge in [-0.1, -0.05) is 30.2 Å². The Hall–Kier alpha value is -3.06. The molecule has 0 saturated heterocycles. The first-order valence-corrected chi connectivity index (χ1v) is 6.47. The van der Waals surface area contributed by atoms with Crippen LogP contribution in [0.2, 0.25) is 0 Å². The number of phenols is 1. The quantitative estimate of drug-likeness (QED) is 0.670. The van der Waals surface area contributed by atoms with Crippen LogP contribution in [0.1, 0.15) is 12.5 Å². The fraction of sp³-hybridized carbons (Fsp3) is 0.0588. The van der Waals surface area contributed by atoms with Gasteiger partial charge in [0.25, 0.3) is 0 Å². The van der Waals surface area contributed by atoms with E-state index in [-0.39, 0.29) is 5.75 Å². The van der Waals surface area contributed by atoms with Crippen molar-refractivity contribution in [3.05, 3.63) is 48.0 Å². The smallest absolute Gasteiger partial charge is 0.154 e. The number of nitrogen functional groups attached to an aromatic ring is 1. The summed E-state index contributed by atoms with van der Waals surface area (Å²) in [6.07, 6.45) is 0. The average Bonchev–Trinajstić information content (AvgIpc) is 2.49. The third kappa shape index (κ3) is 2.26. The van der Waals surface area contributed by atoms with Gasteiger partial charge in [0, 0.05) is 21.9 Å². The molecule has 21 heavy (non-hydrogen) atoms. The number of fused-ring (bicyclic) bond motifs is 1. The molecule has 0 spiro atoms. The van der Waals surface area contributed by atoms with E-state index >= 15 is 0 Å². The molecule has 102 valence electrons. The Morgan fingerprint density at radius 2 is 1.81 bits per heavy atom. The normalized spacial score (nSPS) is 10.1. The molecule has 0 radical (unpaired) electrons. The molecule has 4 nitrogen and oxygen atoms in total. The van der Waals surface area contributed by atoms with Gasteiger partial charge in [0.2, 0.25) is 0 Å². The lowest BCUT2D eigenvalue weighted by Crippen LogP contribution is -1.97. The Labute approximate surface area is 122 Å². The fourth-order valence-electron chi connectivity index (χ4n) is 2.28. The van der Waals surface area contributed by atoms with E-state index in [9.17, 15) is 5.11 Å². The second-order valence-electron chi connectivity index (χ2n) is 4.59. The average molecular weight is 275 g/mol. The van der Waals surface area contributed by atoms with Crippen molar-refractivity contribution in [3.63, 3.8) is 0 Å². The summed E-state index contributed by atoms with van der Waals surface area (Å²) in [5, 5.41) is 20.0. The number of hydrogen-bond donors (Lipinski definition) is 2. The van der Waals surface area contributed by atoms with Crippen LogP contribution in [0.3, 0.4) is 0 Å². The number of nitrogens with two attached hydrogens (primary N) is 1. The van der Waals surface area contributed by atoms with Crippen LogP contribution in [0.25, 0.3) is 22.0 Å². The minimum absolute atomic E-state index is 0.125. The largest absolute Gasteiger partial charge is 0.507 e. The Kier molecular flexibility index (Phi) is 3.17. The van der Waals surface area contributed by atoms with Gasteiger partial charge < -0.3 is 10.8 Å². The highest BCUT2D eigenvalue weighted by atomic mass is 16.3. The zero-order chi connectivity index (χ0) is 14.8. The van der Waals surface area contributed by atoms with Gasteiger partial charge >= 0.3 is 0 Å². The molecule has 0 aliphatic rings. The summed E-state index contributed by atoms with van der Waals surface area (Å²) >= 11 is 0. The van der Waals surface area contributed by atoms with Crippen molar-refractivity contribution in [1.29, 1.82) is 0 Å². The Bertz CT molecular complexity index is 891. The van der Waals surface area contributed by atoms with Crippen molar-refractivity contribution >= 4 is 16.6 Å². The number of benzene rings is 2. The Morgan fingerprint density at radius 1 is 1.05 bits per heavy atom. The summed E-state index contributed by atoms with van der Waals surface area (Å²) < 4.78 is 0. The molecular formula is C17H13N3O. The van der Waals surface area contributed by atoms with E-state index in [2.05, 4.69) is 22.0 Å². The molecule has 0 bridgehead atoms. The van der Waals surface area contributed by atoms with Crippen molar-refractivity contribution in [2.45, 2.75) is 6.92 Å². The van der Waals surface area contributed by atoms with E-state index in [0.717, 1.165) is 16.3 Å². The summed E-state index contributed by atoms with van der Waals surface area (Å²) in [5.74, 6) is 6.21. The van der Waals surface area contributed by atoms with Crippen molar-refractivity contribution in [3.8, 4) is 28.8 Å². The van der Waals surface area contributed by atoms with Crippen LogP contribution < -0.4 is 5.73 Å². The van der Waals surface area contributed by atoms with Crippen LogP contribution in [0.15, 0.2) is 42.5 Å². The molecule has 2 aromatic carbocycles. The Balaban J connectivity index is 2.25. The molecule has 1 aromatic heterocycles. The summed E-state index contributed by atoms with van der Waals surface area (Å²) in [4.78, 5) is 0. The minimum atomic E-state index is 0.125. The first-order chi connectivity index (χ1) is 10.2. The molecule has 0 fully saturated rings. The molecule has 0 aliphatic carbocycles. The van der Waals surface area contributed by atoms with E-state index in [1.807, 2.05) is 30.3 Å². The topological polar surface area (TPSA) is 72.0 Å². The summed E-state index contributed by atoms with van der Waals surface area (Å²) in [7, 11) is 0. The molecule has 0 saturated carbocycles. The second kappa shape index (κ2) is 5.14. The van der Waals surface area contributed by atoms with Gasteiger partial charge in [-0.25, -0.2) is 0 Å². The molecule has 0 amide bonds. The number of hydrogen-bond acceptors (Lipinski definition) is 4. The van der Waals surface area contributed by atoms with E-state index < -0.39 is 0 Å². The lowest BCUT2D eigenvalue weighted by Gasteiger charge is -2.08. The summed E-state index contributed by atoms with van der Waals surface area (Å²) in [5.41, 5.74) is 7.82. The lowest BCUT2D eigenvalue weighted by molar-refractivity contribution is 0.477. The lowest BCUT2D eigenvalue weighted by atomic mass is 10.0. The number of anilines is 1. The standard InChI is InChI=1S/C17H13N3O/c1-2-5-11-8-9-14(15(21)10-11)16-12-6-3-4-7-13(12)17(18)20-19-16/h3-4,6-10,21H,1H3,(H2,18,20). The van der Waals surface area contributed by atoms with Crippen LogP contribution in [0.4, 0.5) is 5.82 Å². The fourth-order valence-corrected chi connectivity index (χ4v) is 2.28. The maximum atomic E-state index is 10.2. The Morgan fingerprint density at radius 3 is 2.52 bits per heavy atom. The number of aromatic nitrogens is 2. The molecule has 3 rings (SSSR count). The predicted octanol–water partition coefficient (Wildman–Crippen LogP) is 2.96. The van der Waals surface area contributed by atoms with Crippen molar-refractivity contribution in [2.75, 3.05) is 5.73 Å². The molecule has 0 aliphatic heterocycles. The maximum Gasteiger partial charge on any atom is 0.154 e. The zero-order valence-corrected chi connectivity index (χ0v) is 11.5. The highest BCUT2D eigenvalue weighted by Crippen LogP contribution is 2.34. The molecular weight excluding hydrogens is 262 g/mol. The van der Waals surface area contributed by atoms with E-state index in [1.54, 1.807) is 19.1 Å². The van der Waals surface area contributed by atoms with Gasteiger partial charge in [0.05, 0.1) is 0 Å². The molecule has 0 atom stereocenters. The maximum absolute atomic E-state index is 10.2. The first-order valence-electron chi connectivity index (χ1n) is 6.47. The molecule has 3 N–H and O–H groups in total. The van der Waals surface area contributed by atoms with Crippen molar-refractivity contribution < 1.29 is 5.11 Å². The number of phenolic OH excluding ortho intramolecular Hbond substituents is 1. The van der Waals surface area contributed by atoms with Gasteiger partial charge in [-0.15, -0.1) is 16.1 Å². The summed E-state index contributed by atoms with van der Waals surface area (Å²) in [6, 6.07) is 12.9. The highest BCUT2D eigenvalue weighted by molar-refractivity contribution is 6.00. The van der Waals surface area contributed by atoms with E-state index in [4.69, 9.17) is 5.73 Å². The van der Waals surface area contributed by atoms with Gasteiger partial charge in [0.1, 0.15) is 11.4 Å². The third-order valence-corrected chi connectivity index (χ3v) is 3.24. The molecule has 0 unspecified atom stereocenters. The van der Waals surface area contributed by atoms with Crippen molar-refractivity contribution in [1.82, 2.24) is 10.2 Å². The van der Waals surface area contributed by atoms with Crippen LogP contribution in [-0.4, -0.2) is 15.3 Å². The third-order valence-electron chi connectivity index (χ3n) is 3.24. The predicted molar refractivity (Wildman–Crippen MR) is 83.6 cm³/mol. The van der Waals surface area contributed by atoms with Crippen LogP contribution in [0.5, 0.6) is 5.75 Å². The van der Waals surface area contributed by atoms with Gasteiger partial charge in [-0.3, -0.25) is 0 Å². The van der Waals surface area contributed by atoms with Gasteiger partial charge in [-0.2, -0.15) is 0 Å². The monoisotopic (exact) mass is 275 g/mol. The van der Waals surface area contributed by atoms with Crippen LogP contribution in [-0.2, 0) is 0 Å². The molecule has 4 heteroatoms. The van der Waals surface area contributed by atoms with Gasteiger partial charge in [-0.05, 0) is 25.1 Å². The van der Waals surface area contributed by atoms with Gasteiger partial charge in [0.15, 0.2) is 5.82 Å². The number of nitrogens with zero attached hydrogens (tertiary/aromatic N) is 2.